The zero-order valence-electron chi connectivity index (χ0n) is 5.49. The van der Waals surface area contributed by atoms with E-state index in [9.17, 15) is 13.2 Å². The number of alkyl halides is 3. The van der Waals surface area contributed by atoms with E-state index in [1.807, 2.05) is 0 Å². The van der Waals surface area contributed by atoms with Gasteiger partial charge >= 0.3 is 6.18 Å². The first-order chi connectivity index (χ1) is 5.41. The quantitative estimate of drug-likeness (QED) is 0.695. The molecule has 0 spiro atoms. The SMILES string of the molecule is FC(F)(F)c1cc(Cl)c(Br)cn1. The van der Waals surface area contributed by atoms with Gasteiger partial charge in [0, 0.05) is 6.20 Å². The van der Waals surface area contributed by atoms with Gasteiger partial charge in [-0.1, -0.05) is 11.6 Å². The molecule has 0 fully saturated rings. The molecule has 66 valence electrons. The van der Waals surface area contributed by atoms with Gasteiger partial charge in [0.2, 0.25) is 0 Å². The maximum Gasteiger partial charge on any atom is 0.433 e. The van der Waals surface area contributed by atoms with Gasteiger partial charge < -0.3 is 0 Å². The van der Waals surface area contributed by atoms with E-state index in [1.54, 1.807) is 0 Å². The Morgan fingerprint density at radius 1 is 1.42 bits per heavy atom. The Kier molecular flexibility index (Phi) is 2.63. The summed E-state index contributed by atoms with van der Waals surface area (Å²) in [6.07, 6.45) is -3.42. The Labute approximate surface area is 79.7 Å². The maximum absolute atomic E-state index is 12.0. The smallest absolute Gasteiger partial charge is 0.251 e. The topological polar surface area (TPSA) is 12.9 Å². The third-order valence-corrected chi connectivity index (χ3v) is 2.27. The van der Waals surface area contributed by atoms with Crippen LogP contribution in [0.15, 0.2) is 16.7 Å². The lowest BCUT2D eigenvalue weighted by Gasteiger charge is -2.05. The van der Waals surface area contributed by atoms with Gasteiger partial charge in [0.05, 0.1) is 9.50 Å². The average molecular weight is 260 g/mol. The van der Waals surface area contributed by atoms with Crippen LogP contribution in [0.2, 0.25) is 5.02 Å². The standard InChI is InChI=1S/C6H2BrClF3N/c7-3-2-12-5(1-4(3)8)6(9,10)11/h1-2H. The summed E-state index contributed by atoms with van der Waals surface area (Å²) in [5.41, 5.74) is -0.990. The Bertz CT molecular complexity index is 299. The van der Waals surface area contributed by atoms with Crippen LogP contribution in [0.1, 0.15) is 5.69 Å². The predicted molar refractivity (Wildman–Crippen MR) is 41.9 cm³/mol. The van der Waals surface area contributed by atoms with Crippen molar-refractivity contribution in [3.05, 3.63) is 27.5 Å². The van der Waals surface area contributed by atoms with Gasteiger partial charge in [-0.2, -0.15) is 13.2 Å². The monoisotopic (exact) mass is 259 g/mol. The zero-order chi connectivity index (χ0) is 9.35. The van der Waals surface area contributed by atoms with Crippen molar-refractivity contribution in [3.63, 3.8) is 0 Å². The first kappa shape index (κ1) is 9.80. The molecule has 1 heterocycles. The third kappa shape index (κ3) is 2.10. The Morgan fingerprint density at radius 2 is 2.00 bits per heavy atom. The average Bonchev–Trinajstić information content (AvgIpc) is 1.92. The molecule has 0 aliphatic rings. The second-order valence-electron chi connectivity index (χ2n) is 1.98. The molecule has 1 nitrogen and oxygen atoms in total. The highest BCUT2D eigenvalue weighted by Gasteiger charge is 2.32. The normalized spacial score (nSPS) is 11.8. The van der Waals surface area contributed by atoms with E-state index in [1.165, 1.54) is 0 Å². The lowest BCUT2D eigenvalue weighted by Crippen LogP contribution is -2.07. The summed E-state index contributed by atoms with van der Waals surface area (Å²) >= 11 is 8.37. The maximum atomic E-state index is 12.0. The summed E-state index contributed by atoms with van der Waals surface area (Å²) < 4.78 is 36.2. The molecule has 1 rings (SSSR count). The van der Waals surface area contributed by atoms with E-state index < -0.39 is 11.9 Å². The second-order valence-corrected chi connectivity index (χ2v) is 3.24. The largest absolute Gasteiger partial charge is 0.433 e. The van der Waals surface area contributed by atoms with Crippen LogP contribution in [0.3, 0.4) is 0 Å². The van der Waals surface area contributed by atoms with Crippen molar-refractivity contribution in [3.8, 4) is 0 Å². The summed E-state index contributed by atoms with van der Waals surface area (Å²) in [6.45, 7) is 0. The van der Waals surface area contributed by atoms with E-state index in [2.05, 4.69) is 20.9 Å². The number of aromatic nitrogens is 1. The molecular weight excluding hydrogens is 258 g/mol. The van der Waals surface area contributed by atoms with E-state index in [0.29, 0.717) is 4.47 Å². The van der Waals surface area contributed by atoms with Crippen molar-refractivity contribution in [2.24, 2.45) is 0 Å². The van der Waals surface area contributed by atoms with Crippen molar-refractivity contribution in [1.29, 1.82) is 0 Å². The van der Waals surface area contributed by atoms with Crippen LogP contribution in [0, 0.1) is 0 Å². The van der Waals surface area contributed by atoms with Crippen LogP contribution in [0.4, 0.5) is 13.2 Å². The number of halogens is 5. The number of hydrogen-bond acceptors (Lipinski definition) is 1. The summed E-state index contributed by atoms with van der Waals surface area (Å²) in [4.78, 5) is 3.15. The molecule has 0 amide bonds. The van der Waals surface area contributed by atoms with Crippen LogP contribution in [0.5, 0.6) is 0 Å². The van der Waals surface area contributed by atoms with Gasteiger partial charge in [-0.05, 0) is 22.0 Å². The molecular formula is C6H2BrClF3N. The molecule has 0 saturated carbocycles. The van der Waals surface area contributed by atoms with Gasteiger partial charge in [-0.25, -0.2) is 0 Å². The summed E-state index contributed by atoms with van der Waals surface area (Å²) in [7, 11) is 0. The van der Waals surface area contributed by atoms with Crippen LogP contribution >= 0.6 is 27.5 Å². The molecule has 1 aromatic rings. The van der Waals surface area contributed by atoms with Gasteiger partial charge in [-0.15, -0.1) is 0 Å². The Morgan fingerprint density at radius 3 is 2.42 bits per heavy atom. The van der Waals surface area contributed by atoms with E-state index in [0.717, 1.165) is 12.3 Å². The minimum absolute atomic E-state index is 0.00248. The fourth-order valence-corrected chi connectivity index (χ4v) is 0.938. The molecule has 0 aliphatic carbocycles. The molecule has 0 bridgehead atoms. The summed E-state index contributed by atoms with van der Waals surface area (Å²) in [6, 6.07) is 0.769. The zero-order valence-corrected chi connectivity index (χ0v) is 7.83. The van der Waals surface area contributed by atoms with Crippen molar-refractivity contribution >= 4 is 27.5 Å². The van der Waals surface area contributed by atoms with Crippen molar-refractivity contribution < 1.29 is 13.2 Å². The lowest BCUT2D eigenvalue weighted by atomic mass is 10.3. The Hall–Kier alpha value is -0.290. The van der Waals surface area contributed by atoms with E-state index >= 15 is 0 Å². The number of nitrogens with zero attached hydrogens (tertiary/aromatic N) is 1. The van der Waals surface area contributed by atoms with Crippen LogP contribution in [-0.2, 0) is 6.18 Å². The van der Waals surface area contributed by atoms with Crippen LogP contribution < -0.4 is 0 Å². The van der Waals surface area contributed by atoms with Gasteiger partial charge in [0.1, 0.15) is 5.69 Å². The molecule has 0 aromatic carbocycles. The molecule has 1 aromatic heterocycles. The predicted octanol–water partition coefficient (Wildman–Crippen LogP) is 3.52. The van der Waals surface area contributed by atoms with Crippen LogP contribution in [0.25, 0.3) is 0 Å². The lowest BCUT2D eigenvalue weighted by molar-refractivity contribution is -0.141. The molecule has 0 aliphatic heterocycles. The van der Waals surface area contributed by atoms with Crippen molar-refractivity contribution in [2.75, 3.05) is 0 Å². The molecule has 12 heavy (non-hydrogen) atoms. The third-order valence-electron chi connectivity index (χ3n) is 1.10. The molecule has 0 unspecified atom stereocenters. The second kappa shape index (κ2) is 3.22. The van der Waals surface area contributed by atoms with E-state index in [-0.39, 0.29) is 5.02 Å². The molecule has 0 N–H and O–H groups in total. The van der Waals surface area contributed by atoms with Gasteiger partial charge in [0.15, 0.2) is 0 Å². The number of pyridine rings is 1. The van der Waals surface area contributed by atoms with E-state index in [4.69, 9.17) is 11.6 Å². The van der Waals surface area contributed by atoms with Crippen molar-refractivity contribution in [2.45, 2.75) is 6.18 Å². The van der Waals surface area contributed by atoms with Gasteiger partial charge in [-0.3, -0.25) is 4.98 Å². The minimum Gasteiger partial charge on any atom is -0.251 e. The first-order valence-corrected chi connectivity index (χ1v) is 3.96. The fraction of sp³-hybridized carbons (Fsp3) is 0.167. The summed E-state index contributed by atoms with van der Waals surface area (Å²) in [5.74, 6) is 0. The molecule has 6 heteroatoms. The fourth-order valence-electron chi connectivity index (χ4n) is 0.569. The highest BCUT2D eigenvalue weighted by atomic mass is 79.9. The number of hydrogen-bond donors (Lipinski definition) is 0. The van der Waals surface area contributed by atoms with Crippen LogP contribution in [-0.4, -0.2) is 4.98 Å². The highest BCUT2D eigenvalue weighted by Crippen LogP contribution is 2.31. The molecule has 0 radical (unpaired) electrons. The number of rotatable bonds is 0. The summed E-state index contributed by atoms with van der Waals surface area (Å²) in [5, 5.41) is -0.00248. The highest BCUT2D eigenvalue weighted by molar-refractivity contribution is 9.10. The minimum atomic E-state index is -4.44. The molecule has 0 saturated heterocycles. The molecule has 0 atom stereocenters. The van der Waals surface area contributed by atoms with Gasteiger partial charge in [0.25, 0.3) is 0 Å². The van der Waals surface area contributed by atoms with Crippen molar-refractivity contribution in [1.82, 2.24) is 4.98 Å². The first-order valence-electron chi connectivity index (χ1n) is 2.79. The Balaban J connectivity index is 3.14.